The standard InChI is InChI=1S/C33H34N2O7S/c1-5-30(31(36)42-33(2,3)4)35-43(38,39)29-21-13-24(14-22-29)23-11-17-28(18-12-23)41-32(37)34-25-15-19-27(20-16-25)40-26-9-7-6-8-10-26/h6-22,30,35H,5H2,1-4H3,(H,34,37). The first kappa shape index (κ1) is 31.3. The van der Waals surface area contributed by atoms with Crippen molar-refractivity contribution in [2.24, 2.45) is 0 Å². The summed E-state index contributed by atoms with van der Waals surface area (Å²) < 4.78 is 44.7. The minimum absolute atomic E-state index is 0.0227. The molecular formula is C33H34N2O7S. The minimum Gasteiger partial charge on any atom is -0.459 e. The Morgan fingerprint density at radius 1 is 0.744 bits per heavy atom. The molecule has 43 heavy (non-hydrogen) atoms. The summed E-state index contributed by atoms with van der Waals surface area (Å²) in [5.41, 5.74) is 1.36. The van der Waals surface area contributed by atoms with Gasteiger partial charge >= 0.3 is 12.1 Å². The molecule has 0 saturated carbocycles. The fourth-order valence-electron chi connectivity index (χ4n) is 3.95. The summed E-state index contributed by atoms with van der Waals surface area (Å²) in [7, 11) is -3.96. The SMILES string of the molecule is CCC(NS(=O)(=O)c1ccc(-c2ccc(OC(=O)Nc3ccc(Oc4ccccc4)cc3)cc2)cc1)C(=O)OC(C)(C)C. The second-order valence-electron chi connectivity index (χ2n) is 10.6. The number of hydrogen-bond donors (Lipinski definition) is 2. The number of benzene rings is 4. The highest BCUT2D eigenvalue weighted by Crippen LogP contribution is 2.26. The summed E-state index contributed by atoms with van der Waals surface area (Å²) >= 11 is 0. The molecule has 0 aliphatic heterocycles. The lowest BCUT2D eigenvalue weighted by molar-refractivity contribution is -0.157. The third-order valence-electron chi connectivity index (χ3n) is 6.04. The van der Waals surface area contributed by atoms with Crippen LogP contribution >= 0.6 is 0 Å². The topological polar surface area (TPSA) is 120 Å². The zero-order valence-electron chi connectivity index (χ0n) is 24.4. The highest BCUT2D eigenvalue weighted by Gasteiger charge is 2.28. The molecule has 9 nitrogen and oxygen atoms in total. The monoisotopic (exact) mass is 602 g/mol. The van der Waals surface area contributed by atoms with E-state index >= 15 is 0 Å². The minimum atomic E-state index is -3.96. The van der Waals surface area contributed by atoms with E-state index in [1.54, 1.807) is 88.4 Å². The number of anilines is 1. The van der Waals surface area contributed by atoms with Gasteiger partial charge in [-0.05, 0) is 99.0 Å². The number of nitrogens with one attached hydrogen (secondary N) is 2. The van der Waals surface area contributed by atoms with Gasteiger partial charge in [-0.15, -0.1) is 0 Å². The van der Waals surface area contributed by atoms with E-state index in [4.69, 9.17) is 14.2 Å². The fourth-order valence-corrected chi connectivity index (χ4v) is 5.22. The molecule has 4 aromatic carbocycles. The summed E-state index contributed by atoms with van der Waals surface area (Å²) in [6, 6.07) is 28.3. The number of sulfonamides is 1. The van der Waals surface area contributed by atoms with Crippen LogP contribution in [-0.2, 0) is 19.6 Å². The van der Waals surface area contributed by atoms with Crippen molar-refractivity contribution in [1.29, 1.82) is 0 Å². The summed E-state index contributed by atoms with van der Waals surface area (Å²) in [6.07, 6.45) is -0.405. The first-order valence-corrected chi connectivity index (χ1v) is 15.2. The molecule has 0 heterocycles. The first-order valence-electron chi connectivity index (χ1n) is 13.7. The molecule has 0 radical (unpaired) electrons. The van der Waals surface area contributed by atoms with Crippen LogP contribution in [0.1, 0.15) is 34.1 Å². The number of esters is 1. The molecule has 4 rings (SSSR count). The predicted octanol–water partition coefficient (Wildman–Crippen LogP) is 7.16. The Kier molecular flexibility index (Phi) is 9.84. The molecule has 1 unspecified atom stereocenters. The molecule has 0 bridgehead atoms. The summed E-state index contributed by atoms with van der Waals surface area (Å²) in [5.74, 6) is 1.05. The summed E-state index contributed by atoms with van der Waals surface area (Å²) in [4.78, 5) is 24.8. The van der Waals surface area contributed by atoms with Gasteiger partial charge in [0.25, 0.3) is 0 Å². The van der Waals surface area contributed by atoms with E-state index in [0.717, 1.165) is 11.1 Å². The van der Waals surface area contributed by atoms with Gasteiger partial charge in [0.15, 0.2) is 0 Å². The molecule has 0 aliphatic rings. The molecule has 1 amide bonds. The molecule has 2 N–H and O–H groups in total. The van der Waals surface area contributed by atoms with Crippen LogP contribution in [0, 0.1) is 0 Å². The van der Waals surface area contributed by atoms with E-state index in [2.05, 4.69) is 10.0 Å². The van der Waals surface area contributed by atoms with Gasteiger partial charge in [-0.1, -0.05) is 49.4 Å². The quantitative estimate of drug-likeness (QED) is 0.185. The number of para-hydroxylation sites is 1. The van der Waals surface area contributed by atoms with Gasteiger partial charge in [0.05, 0.1) is 4.90 Å². The Morgan fingerprint density at radius 3 is 1.84 bits per heavy atom. The lowest BCUT2D eigenvalue weighted by atomic mass is 10.1. The van der Waals surface area contributed by atoms with Crippen molar-refractivity contribution in [1.82, 2.24) is 4.72 Å². The van der Waals surface area contributed by atoms with Crippen LogP contribution in [0.4, 0.5) is 10.5 Å². The van der Waals surface area contributed by atoms with E-state index in [9.17, 15) is 18.0 Å². The zero-order chi connectivity index (χ0) is 31.0. The number of amides is 1. The maximum absolute atomic E-state index is 12.9. The number of carbonyl (C=O) groups excluding carboxylic acids is 2. The van der Waals surface area contributed by atoms with Gasteiger partial charge in [-0.25, -0.2) is 13.2 Å². The van der Waals surface area contributed by atoms with Crippen molar-refractivity contribution in [3.63, 3.8) is 0 Å². The lowest BCUT2D eigenvalue weighted by Gasteiger charge is -2.23. The average Bonchev–Trinajstić information content (AvgIpc) is 2.97. The van der Waals surface area contributed by atoms with Gasteiger partial charge in [0.1, 0.15) is 28.9 Å². The van der Waals surface area contributed by atoms with Crippen LogP contribution in [0.5, 0.6) is 17.2 Å². The third-order valence-corrected chi connectivity index (χ3v) is 7.53. The lowest BCUT2D eigenvalue weighted by Crippen LogP contribution is -2.43. The van der Waals surface area contributed by atoms with Crippen LogP contribution in [-0.4, -0.2) is 32.1 Å². The van der Waals surface area contributed by atoms with E-state index in [0.29, 0.717) is 22.9 Å². The molecular weight excluding hydrogens is 568 g/mol. The van der Waals surface area contributed by atoms with Crippen molar-refractivity contribution in [2.75, 3.05) is 5.32 Å². The second-order valence-corrected chi connectivity index (χ2v) is 12.3. The van der Waals surface area contributed by atoms with Crippen molar-refractivity contribution in [3.8, 4) is 28.4 Å². The van der Waals surface area contributed by atoms with Crippen molar-refractivity contribution >= 4 is 27.8 Å². The molecule has 0 saturated heterocycles. The van der Waals surface area contributed by atoms with Gasteiger partial charge in [0.2, 0.25) is 10.0 Å². The molecule has 0 aliphatic carbocycles. The van der Waals surface area contributed by atoms with Crippen LogP contribution in [0.2, 0.25) is 0 Å². The van der Waals surface area contributed by atoms with Crippen LogP contribution in [0.25, 0.3) is 11.1 Å². The Hall–Kier alpha value is -4.67. The Bertz CT molecular complexity index is 1630. The van der Waals surface area contributed by atoms with E-state index in [1.807, 2.05) is 30.3 Å². The van der Waals surface area contributed by atoms with Crippen LogP contribution < -0.4 is 19.5 Å². The number of hydrogen-bond acceptors (Lipinski definition) is 7. The van der Waals surface area contributed by atoms with Gasteiger partial charge in [-0.2, -0.15) is 4.72 Å². The van der Waals surface area contributed by atoms with Gasteiger partial charge < -0.3 is 14.2 Å². The normalized spacial score (nSPS) is 12.2. The van der Waals surface area contributed by atoms with Crippen LogP contribution in [0.3, 0.4) is 0 Å². The van der Waals surface area contributed by atoms with E-state index < -0.39 is 33.7 Å². The zero-order valence-corrected chi connectivity index (χ0v) is 25.2. The Morgan fingerprint density at radius 2 is 1.28 bits per heavy atom. The molecule has 0 fully saturated rings. The summed E-state index contributed by atoms with van der Waals surface area (Å²) in [5, 5.41) is 2.68. The predicted molar refractivity (Wildman–Crippen MR) is 165 cm³/mol. The van der Waals surface area contributed by atoms with Crippen LogP contribution in [0.15, 0.2) is 108 Å². The molecule has 1 atom stereocenters. The van der Waals surface area contributed by atoms with Gasteiger partial charge in [0, 0.05) is 5.69 Å². The highest BCUT2D eigenvalue weighted by molar-refractivity contribution is 7.89. The maximum atomic E-state index is 12.9. The highest BCUT2D eigenvalue weighted by atomic mass is 32.2. The van der Waals surface area contributed by atoms with Crippen molar-refractivity contribution in [3.05, 3.63) is 103 Å². The largest absolute Gasteiger partial charge is 0.459 e. The molecule has 4 aromatic rings. The molecule has 224 valence electrons. The smallest absolute Gasteiger partial charge is 0.417 e. The Balaban J connectivity index is 1.32. The first-order chi connectivity index (χ1) is 20.4. The van der Waals surface area contributed by atoms with Crippen molar-refractivity contribution in [2.45, 2.75) is 50.7 Å². The number of ether oxygens (including phenoxy) is 3. The molecule has 0 aromatic heterocycles. The molecule has 0 spiro atoms. The van der Waals surface area contributed by atoms with Gasteiger partial charge in [-0.3, -0.25) is 10.1 Å². The summed E-state index contributed by atoms with van der Waals surface area (Å²) in [6.45, 7) is 6.88. The van der Waals surface area contributed by atoms with E-state index in [1.165, 1.54) is 12.1 Å². The fraction of sp³-hybridized carbons (Fsp3) is 0.212. The number of rotatable bonds is 10. The second kappa shape index (κ2) is 13.5. The van der Waals surface area contributed by atoms with E-state index in [-0.39, 0.29) is 11.3 Å². The maximum Gasteiger partial charge on any atom is 0.417 e. The third kappa shape index (κ3) is 9.16. The average molecular weight is 603 g/mol. The van der Waals surface area contributed by atoms with Crippen molar-refractivity contribution < 1.29 is 32.2 Å². The molecule has 10 heteroatoms. The Labute approximate surface area is 251 Å². The number of carbonyl (C=O) groups is 2.